The lowest BCUT2D eigenvalue weighted by Gasteiger charge is -2.23. The number of hydrogen-bond donors (Lipinski definition) is 1. The molecule has 0 saturated carbocycles. The maximum absolute atomic E-state index is 11.9. The molecule has 15 heteroatoms. The van der Waals surface area contributed by atoms with Gasteiger partial charge in [0.05, 0.1) is 6.33 Å². The van der Waals surface area contributed by atoms with Crippen molar-refractivity contribution in [2.24, 2.45) is 5.73 Å². The van der Waals surface area contributed by atoms with Gasteiger partial charge in [0.15, 0.2) is 24.1 Å². The summed E-state index contributed by atoms with van der Waals surface area (Å²) in [5, 5.41) is 0.418. The summed E-state index contributed by atoms with van der Waals surface area (Å²) in [4.78, 5) is 59.3. The van der Waals surface area contributed by atoms with Crippen LogP contribution in [0, 0.1) is 0 Å². The first kappa shape index (κ1) is 26.3. The summed E-state index contributed by atoms with van der Waals surface area (Å²) in [5.41, 5.74) is 6.17. The SMILES string of the molecule is CC(=O)OC[C@H]1O[C@@H](n2cnc3c(SCOC(=O)[C@H](C)N)ncnc32)[C@H](OC(C)=O)[C@@H]1OC(C)=O. The van der Waals surface area contributed by atoms with Crippen molar-refractivity contribution in [2.45, 2.75) is 63.3 Å². The Labute approximate surface area is 203 Å². The molecule has 5 atom stereocenters. The minimum absolute atomic E-state index is 0.0473. The fraction of sp³-hybridized carbons (Fsp3) is 0.550. The van der Waals surface area contributed by atoms with E-state index in [2.05, 4.69) is 15.0 Å². The molecule has 0 bridgehead atoms. The third kappa shape index (κ3) is 6.43. The van der Waals surface area contributed by atoms with E-state index in [4.69, 9.17) is 29.4 Å². The molecule has 2 aromatic heterocycles. The average molecular weight is 512 g/mol. The van der Waals surface area contributed by atoms with Gasteiger partial charge in [-0.25, -0.2) is 15.0 Å². The number of thioether (sulfide) groups is 1. The van der Waals surface area contributed by atoms with Crippen LogP contribution in [0.4, 0.5) is 0 Å². The Bertz CT molecular complexity index is 1110. The Morgan fingerprint density at radius 1 is 1.06 bits per heavy atom. The summed E-state index contributed by atoms with van der Waals surface area (Å²) in [6, 6.07) is -0.761. The van der Waals surface area contributed by atoms with Gasteiger partial charge in [-0.2, -0.15) is 0 Å². The van der Waals surface area contributed by atoms with Crippen molar-refractivity contribution in [3.05, 3.63) is 12.7 Å². The largest absolute Gasteiger partial charge is 0.463 e. The normalized spacial score (nSPS) is 22.4. The highest BCUT2D eigenvalue weighted by molar-refractivity contribution is 7.99. The van der Waals surface area contributed by atoms with E-state index in [1.54, 1.807) is 0 Å². The Hall–Kier alpha value is -3.30. The Kier molecular flexibility index (Phi) is 8.58. The van der Waals surface area contributed by atoms with Gasteiger partial charge >= 0.3 is 23.9 Å². The topological polar surface area (TPSA) is 184 Å². The van der Waals surface area contributed by atoms with Crippen molar-refractivity contribution in [3.8, 4) is 0 Å². The van der Waals surface area contributed by atoms with Crippen LogP contribution in [0.2, 0.25) is 0 Å². The molecule has 35 heavy (non-hydrogen) atoms. The fourth-order valence-corrected chi connectivity index (χ4v) is 4.00. The zero-order valence-electron chi connectivity index (χ0n) is 19.4. The molecule has 0 spiro atoms. The number of ether oxygens (including phenoxy) is 5. The number of aromatic nitrogens is 4. The smallest absolute Gasteiger partial charge is 0.323 e. The molecular formula is C20H25N5O9S. The van der Waals surface area contributed by atoms with Crippen molar-refractivity contribution in [1.29, 1.82) is 0 Å². The summed E-state index contributed by atoms with van der Waals surface area (Å²) in [6.07, 6.45) is -1.41. The number of hydrogen-bond acceptors (Lipinski definition) is 14. The highest BCUT2D eigenvalue weighted by Gasteiger charge is 2.51. The predicted octanol–water partition coefficient (Wildman–Crippen LogP) is 0.0902. The molecule has 14 nitrogen and oxygen atoms in total. The summed E-state index contributed by atoms with van der Waals surface area (Å²) >= 11 is 1.11. The van der Waals surface area contributed by atoms with E-state index in [1.165, 1.54) is 44.9 Å². The van der Waals surface area contributed by atoms with E-state index >= 15 is 0 Å². The van der Waals surface area contributed by atoms with Gasteiger partial charge in [-0.15, -0.1) is 0 Å². The van der Waals surface area contributed by atoms with Crippen LogP contribution in [0.25, 0.3) is 11.2 Å². The Morgan fingerprint density at radius 2 is 1.74 bits per heavy atom. The lowest BCUT2D eigenvalue weighted by molar-refractivity contribution is -0.166. The average Bonchev–Trinajstić information content (AvgIpc) is 3.33. The predicted molar refractivity (Wildman–Crippen MR) is 117 cm³/mol. The van der Waals surface area contributed by atoms with Crippen molar-refractivity contribution < 1.29 is 42.9 Å². The summed E-state index contributed by atoms with van der Waals surface area (Å²) in [7, 11) is 0. The standard InChI is InChI=1S/C20H25N5O9S/c1-9(21)20(29)31-8-35-18-14-17(22-6-23-18)25(7-24-14)19-16(33-12(4)28)15(32-11(3)27)13(34-19)5-30-10(2)26/h6-7,9,13,15-16,19H,5,8,21H2,1-4H3/t9-,13+,15+,16+,19+/m0/s1. The van der Waals surface area contributed by atoms with E-state index in [1.807, 2.05) is 0 Å². The first-order valence-electron chi connectivity index (χ1n) is 10.4. The molecule has 3 rings (SSSR count). The van der Waals surface area contributed by atoms with Crippen LogP contribution in [0.15, 0.2) is 17.7 Å². The van der Waals surface area contributed by atoms with Crippen LogP contribution in [-0.2, 0) is 42.9 Å². The van der Waals surface area contributed by atoms with Gasteiger partial charge in [0.1, 0.15) is 41.6 Å². The second-order valence-corrected chi connectivity index (χ2v) is 8.44. The summed E-state index contributed by atoms with van der Waals surface area (Å²) in [6.45, 7) is 4.89. The van der Waals surface area contributed by atoms with Crippen LogP contribution in [-0.4, -0.2) is 80.3 Å². The number of carbonyl (C=O) groups excluding carboxylic acids is 4. The highest BCUT2D eigenvalue weighted by Crippen LogP contribution is 2.36. The number of carbonyl (C=O) groups is 4. The van der Waals surface area contributed by atoms with Crippen molar-refractivity contribution in [1.82, 2.24) is 19.5 Å². The van der Waals surface area contributed by atoms with Crippen LogP contribution < -0.4 is 5.73 Å². The Morgan fingerprint density at radius 3 is 2.37 bits per heavy atom. The zero-order valence-corrected chi connectivity index (χ0v) is 20.2. The van der Waals surface area contributed by atoms with Gasteiger partial charge in [-0.05, 0) is 6.92 Å². The molecule has 0 aliphatic carbocycles. The molecule has 1 aliphatic heterocycles. The number of esters is 4. The second kappa shape index (κ2) is 11.4. The summed E-state index contributed by atoms with van der Waals surface area (Å²) in [5.74, 6) is -2.45. The maximum atomic E-state index is 11.9. The van der Waals surface area contributed by atoms with Crippen molar-refractivity contribution >= 4 is 46.8 Å². The third-order valence-corrected chi connectivity index (χ3v) is 5.52. The number of rotatable bonds is 9. The second-order valence-electron chi connectivity index (χ2n) is 7.53. The van der Waals surface area contributed by atoms with Crippen molar-refractivity contribution in [3.63, 3.8) is 0 Å². The van der Waals surface area contributed by atoms with Gasteiger partial charge in [0.2, 0.25) is 0 Å². The van der Waals surface area contributed by atoms with Crippen LogP contribution in [0.1, 0.15) is 33.9 Å². The lowest BCUT2D eigenvalue weighted by atomic mass is 10.1. The first-order valence-corrected chi connectivity index (χ1v) is 11.4. The Balaban J connectivity index is 1.91. The van der Waals surface area contributed by atoms with Gasteiger partial charge in [0.25, 0.3) is 0 Å². The molecule has 3 heterocycles. The van der Waals surface area contributed by atoms with Gasteiger partial charge in [-0.1, -0.05) is 11.8 Å². The van der Waals surface area contributed by atoms with Crippen LogP contribution in [0.5, 0.6) is 0 Å². The molecule has 0 radical (unpaired) electrons. The summed E-state index contributed by atoms with van der Waals surface area (Å²) < 4.78 is 28.4. The number of fused-ring (bicyclic) bond motifs is 1. The van der Waals surface area contributed by atoms with Crippen molar-refractivity contribution in [2.75, 3.05) is 12.5 Å². The van der Waals surface area contributed by atoms with Crippen LogP contribution >= 0.6 is 11.8 Å². The number of imidazole rings is 1. The highest BCUT2D eigenvalue weighted by atomic mass is 32.2. The van der Waals surface area contributed by atoms with E-state index < -0.39 is 54.5 Å². The number of nitrogens with zero attached hydrogens (tertiary/aromatic N) is 4. The van der Waals surface area contributed by atoms with Gasteiger partial charge in [0, 0.05) is 20.8 Å². The molecular weight excluding hydrogens is 486 g/mol. The minimum Gasteiger partial charge on any atom is -0.463 e. The van der Waals surface area contributed by atoms with E-state index in [-0.39, 0.29) is 12.5 Å². The monoisotopic (exact) mass is 511 g/mol. The number of nitrogens with two attached hydrogens (primary N) is 1. The lowest BCUT2D eigenvalue weighted by Crippen LogP contribution is -2.40. The molecule has 1 aliphatic rings. The fourth-order valence-electron chi connectivity index (χ4n) is 3.31. The minimum atomic E-state index is -1.09. The van der Waals surface area contributed by atoms with Gasteiger partial charge in [-0.3, -0.25) is 23.7 Å². The molecule has 0 unspecified atom stereocenters. The van der Waals surface area contributed by atoms with E-state index in [0.29, 0.717) is 16.2 Å². The molecule has 1 fully saturated rings. The molecule has 0 aromatic carbocycles. The maximum Gasteiger partial charge on any atom is 0.323 e. The quantitative estimate of drug-likeness (QED) is 0.157. The first-order chi connectivity index (χ1) is 16.6. The molecule has 1 saturated heterocycles. The molecule has 0 amide bonds. The molecule has 2 N–H and O–H groups in total. The van der Waals surface area contributed by atoms with Gasteiger partial charge < -0.3 is 29.4 Å². The third-order valence-electron chi connectivity index (χ3n) is 4.71. The van der Waals surface area contributed by atoms with E-state index in [0.717, 1.165) is 11.8 Å². The van der Waals surface area contributed by atoms with E-state index in [9.17, 15) is 19.2 Å². The zero-order chi connectivity index (χ0) is 25.7. The molecule has 190 valence electrons. The van der Waals surface area contributed by atoms with Crippen LogP contribution in [0.3, 0.4) is 0 Å². The molecule has 2 aromatic rings.